The number of aliphatic hydroxyl groups is 1. The fourth-order valence-corrected chi connectivity index (χ4v) is 6.29. The molecule has 0 radical (unpaired) electrons. The number of rotatable bonds is 14. The molecule has 0 bridgehead atoms. The van der Waals surface area contributed by atoms with Crippen molar-refractivity contribution in [3.05, 3.63) is 95.6 Å². The van der Waals surface area contributed by atoms with Crippen molar-refractivity contribution in [2.24, 2.45) is 0 Å². The molecule has 0 spiro atoms. The second-order valence-corrected chi connectivity index (χ2v) is 12.7. The van der Waals surface area contributed by atoms with Crippen molar-refractivity contribution < 1.29 is 19.5 Å². The van der Waals surface area contributed by atoms with Gasteiger partial charge in [-0.15, -0.1) is 0 Å². The van der Waals surface area contributed by atoms with Gasteiger partial charge in [-0.25, -0.2) is 0 Å². The fraction of sp³-hybridized carbons (Fsp3) is 0.432. The number of nitrogens with zero attached hydrogens (tertiary/aromatic N) is 1. The van der Waals surface area contributed by atoms with Crippen LogP contribution in [-0.2, 0) is 22.6 Å². The zero-order valence-electron chi connectivity index (χ0n) is 26.8. The highest BCUT2D eigenvalue weighted by molar-refractivity contribution is 6.00. The molecule has 3 aromatic carbocycles. The van der Waals surface area contributed by atoms with Crippen LogP contribution in [-0.4, -0.2) is 53.7 Å². The number of carbonyl (C=O) groups is 3. The lowest BCUT2D eigenvalue weighted by molar-refractivity contribution is -0.123. The first-order valence-electron chi connectivity index (χ1n) is 16.6. The van der Waals surface area contributed by atoms with Gasteiger partial charge in [-0.05, 0) is 55.5 Å². The topological polar surface area (TPSA) is 123 Å². The maximum Gasteiger partial charge on any atom is 0.253 e. The summed E-state index contributed by atoms with van der Waals surface area (Å²) in [6.45, 7) is 3.28. The lowest BCUT2D eigenvalue weighted by atomic mass is 9.95. The minimum atomic E-state index is -1.60. The Morgan fingerprint density at radius 3 is 2.30 bits per heavy atom. The molecule has 2 aliphatic rings. The van der Waals surface area contributed by atoms with E-state index >= 15 is 0 Å². The predicted molar refractivity (Wildman–Crippen MR) is 181 cm³/mol. The van der Waals surface area contributed by atoms with E-state index in [4.69, 9.17) is 0 Å². The maximum absolute atomic E-state index is 13.9. The Labute approximate surface area is 272 Å². The van der Waals surface area contributed by atoms with Gasteiger partial charge in [0.25, 0.3) is 5.91 Å². The number of anilines is 2. The Kier molecular flexibility index (Phi) is 11.4. The molecule has 5 rings (SSSR count). The highest BCUT2D eigenvalue weighted by atomic mass is 16.3. The van der Waals surface area contributed by atoms with E-state index in [2.05, 4.69) is 21.3 Å². The van der Waals surface area contributed by atoms with Crippen LogP contribution in [0.25, 0.3) is 0 Å². The van der Waals surface area contributed by atoms with E-state index in [1.54, 1.807) is 17.0 Å². The maximum atomic E-state index is 13.9. The Hall–Kier alpha value is -4.21. The van der Waals surface area contributed by atoms with Crippen molar-refractivity contribution in [3.8, 4) is 0 Å². The summed E-state index contributed by atoms with van der Waals surface area (Å²) in [6, 6.07) is 24.6. The summed E-state index contributed by atoms with van der Waals surface area (Å²) in [4.78, 5) is 41.0. The lowest BCUT2D eigenvalue weighted by Gasteiger charge is -2.31. The van der Waals surface area contributed by atoms with Crippen LogP contribution >= 0.6 is 0 Å². The van der Waals surface area contributed by atoms with Crippen LogP contribution in [0, 0.1) is 0 Å². The molecule has 9 heteroatoms. The van der Waals surface area contributed by atoms with Gasteiger partial charge in [0.05, 0.1) is 6.04 Å². The van der Waals surface area contributed by atoms with Crippen LogP contribution in [0.5, 0.6) is 0 Å². The average Bonchev–Trinajstić information content (AvgIpc) is 3.50. The molecule has 1 saturated carbocycles. The molecule has 3 amide bonds. The number of amides is 3. The summed E-state index contributed by atoms with van der Waals surface area (Å²) in [5.41, 5.74) is 2.06. The molecule has 1 aliphatic carbocycles. The van der Waals surface area contributed by atoms with Crippen molar-refractivity contribution in [1.29, 1.82) is 0 Å². The van der Waals surface area contributed by atoms with Gasteiger partial charge in [-0.3, -0.25) is 14.4 Å². The van der Waals surface area contributed by atoms with Gasteiger partial charge in [-0.2, -0.15) is 0 Å². The third-order valence-electron chi connectivity index (χ3n) is 8.92. The molecular weight excluding hydrogens is 578 g/mol. The van der Waals surface area contributed by atoms with Gasteiger partial charge < -0.3 is 31.3 Å². The van der Waals surface area contributed by atoms with E-state index in [1.165, 1.54) is 6.42 Å². The zero-order chi connectivity index (χ0) is 32.4. The highest BCUT2D eigenvalue weighted by Gasteiger charge is 2.31. The third kappa shape index (κ3) is 9.40. The first kappa shape index (κ1) is 33.2. The number of hydrogen-bond donors (Lipinski definition) is 5. The molecule has 2 atom stereocenters. The molecule has 2 fully saturated rings. The standard InChI is InChI=1S/C37H47N5O4/c1-27(35(44)40-31-16-9-4-10-17-31)38-20-19-37(46,25-28-12-5-2-6-13-28)41-36(45)30-22-32(39-26-29-14-7-3-8-15-29)24-33(23-30)42-21-11-18-34(42)43/h2-3,5-8,12-15,22-24,27,31,38-39,46H,4,9-11,16-21,25-26H2,1H3,(H,40,44)(H,41,45)/t27-,37+/m0/s1. The van der Waals surface area contributed by atoms with Crippen molar-refractivity contribution in [1.82, 2.24) is 16.0 Å². The zero-order valence-corrected chi connectivity index (χ0v) is 26.8. The van der Waals surface area contributed by atoms with Gasteiger partial charge in [0, 0.05) is 61.9 Å². The van der Waals surface area contributed by atoms with E-state index in [9.17, 15) is 19.5 Å². The molecule has 5 N–H and O–H groups in total. The van der Waals surface area contributed by atoms with Crippen LogP contribution in [0.4, 0.5) is 11.4 Å². The monoisotopic (exact) mass is 625 g/mol. The van der Waals surface area contributed by atoms with Crippen molar-refractivity contribution in [3.63, 3.8) is 0 Å². The number of carbonyl (C=O) groups excluding carboxylic acids is 3. The predicted octanol–water partition coefficient (Wildman–Crippen LogP) is 4.90. The minimum Gasteiger partial charge on any atom is -0.381 e. The van der Waals surface area contributed by atoms with Gasteiger partial charge >= 0.3 is 0 Å². The number of nitrogens with one attached hydrogen (secondary N) is 4. The molecule has 46 heavy (non-hydrogen) atoms. The molecule has 244 valence electrons. The van der Waals surface area contributed by atoms with Crippen LogP contribution in [0.2, 0.25) is 0 Å². The molecule has 0 unspecified atom stereocenters. The molecule has 9 nitrogen and oxygen atoms in total. The Morgan fingerprint density at radius 2 is 1.63 bits per heavy atom. The first-order valence-corrected chi connectivity index (χ1v) is 16.6. The smallest absolute Gasteiger partial charge is 0.253 e. The SMILES string of the molecule is C[C@H](NCC[C@@](O)(Cc1ccccc1)NC(=O)c1cc(NCc2ccccc2)cc(N2CCCC2=O)c1)C(=O)NC1CCCCC1. The van der Waals surface area contributed by atoms with E-state index in [-0.39, 0.29) is 30.7 Å². The minimum absolute atomic E-state index is 0.0277. The van der Waals surface area contributed by atoms with E-state index in [0.29, 0.717) is 43.0 Å². The molecular formula is C37H47N5O4. The van der Waals surface area contributed by atoms with E-state index in [1.807, 2.05) is 73.7 Å². The van der Waals surface area contributed by atoms with Gasteiger partial charge in [0.15, 0.2) is 0 Å². The normalized spacial score (nSPS) is 17.3. The Morgan fingerprint density at radius 1 is 0.935 bits per heavy atom. The molecule has 0 aromatic heterocycles. The van der Waals surface area contributed by atoms with Crippen LogP contribution in [0.1, 0.15) is 79.8 Å². The lowest BCUT2D eigenvalue weighted by Crippen LogP contribution is -2.53. The van der Waals surface area contributed by atoms with Crippen LogP contribution < -0.4 is 26.2 Å². The molecule has 1 saturated heterocycles. The summed E-state index contributed by atoms with van der Waals surface area (Å²) >= 11 is 0. The number of benzene rings is 3. The van der Waals surface area contributed by atoms with Gasteiger partial charge in [-0.1, -0.05) is 79.9 Å². The van der Waals surface area contributed by atoms with Gasteiger partial charge in [0.2, 0.25) is 11.8 Å². The molecule has 3 aromatic rings. The summed E-state index contributed by atoms with van der Waals surface area (Å²) in [5.74, 6) is -0.469. The average molecular weight is 626 g/mol. The summed E-state index contributed by atoms with van der Waals surface area (Å²) in [6.07, 6.45) is 7.13. The highest BCUT2D eigenvalue weighted by Crippen LogP contribution is 2.28. The second-order valence-electron chi connectivity index (χ2n) is 12.7. The summed E-state index contributed by atoms with van der Waals surface area (Å²) < 4.78 is 0. The first-order chi connectivity index (χ1) is 22.3. The largest absolute Gasteiger partial charge is 0.381 e. The van der Waals surface area contributed by atoms with Crippen molar-refractivity contribution >= 4 is 29.1 Å². The molecule has 1 aliphatic heterocycles. The van der Waals surface area contributed by atoms with Crippen molar-refractivity contribution in [2.75, 3.05) is 23.3 Å². The number of hydrogen-bond acceptors (Lipinski definition) is 6. The van der Waals surface area contributed by atoms with Crippen LogP contribution in [0.3, 0.4) is 0 Å². The van der Waals surface area contributed by atoms with Gasteiger partial charge in [0.1, 0.15) is 5.72 Å². The fourth-order valence-electron chi connectivity index (χ4n) is 6.29. The van der Waals surface area contributed by atoms with E-state index in [0.717, 1.165) is 43.2 Å². The van der Waals surface area contributed by atoms with Crippen molar-refractivity contribution in [2.45, 2.75) is 89.1 Å². The second kappa shape index (κ2) is 15.9. The third-order valence-corrected chi connectivity index (χ3v) is 8.92. The van der Waals surface area contributed by atoms with Crippen LogP contribution in [0.15, 0.2) is 78.9 Å². The molecule has 1 heterocycles. The Balaban J connectivity index is 1.30. The van der Waals surface area contributed by atoms with E-state index < -0.39 is 17.7 Å². The summed E-state index contributed by atoms with van der Waals surface area (Å²) in [5, 5.41) is 24.6. The Bertz CT molecular complexity index is 1460. The summed E-state index contributed by atoms with van der Waals surface area (Å²) in [7, 11) is 0. The quantitative estimate of drug-likeness (QED) is 0.163.